The van der Waals surface area contributed by atoms with Crippen molar-refractivity contribution in [3.8, 4) is 5.88 Å². The molecule has 2 heterocycles. The zero-order chi connectivity index (χ0) is 15.1. The Morgan fingerprint density at radius 2 is 2.43 bits per heavy atom. The van der Waals surface area contributed by atoms with Gasteiger partial charge in [-0.05, 0) is 25.7 Å². The highest BCUT2D eigenvalue weighted by molar-refractivity contribution is 5.68. The van der Waals surface area contributed by atoms with Crippen LogP contribution >= 0.6 is 0 Å². The number of anilines is 1. The lowest BCUT2D eigenvalue weighted by atomic mass is 9.98. The highest BCUT2D eigenvalue weighted by atomic mass is 16.5. The first kappa shape index (κ1) is 15.5. The van der Waals surface area contributed by atoms with E-state index < -0.39 is 5.97 Å². The monoisotopic (exact) mass is 294 g/mol. The van der Waals surface area contributed by atoms with E-state index in [1.165, 1.54) is 6.33 Å². The SMILES string of the molecule is CCOc1cc(N2CCCC(CNCC(=O)O)C2)ncn1. The molecule has 0 radical (unpaired) electrons. The van der Waals surface area contributed by atoms with Crippen molar-refractivity contribution >= 4 is 11.8 Å². The Hall–Kier alpha value is -1.89. The Kier molecular flexibility index (Phi) is 5.74. The Bertz CT molecular complexity index is 469. The maximum Gasteiger partial charge on any atom is 0.317 e. The molecular formula is C14H22N4O3. The summed E-state index contributed by atoms with van der Waals surface area (Å²) in [6.45, 7) is 5.06. The Morgan fingerprint density at radius 3 is 3.19 bits per heavy atom. The summed E-state index contributed by atoms with van der Waals surface area (Å²) in [5.74, 6) is 1.08. The number of carboxylic acids is 1. The molecule has 1 aromatic heterocycles. The molecule has 1 aliphatic rings. The molecule has 1 atom stereocenters. The van der Waals surface area contributed by atoms with Gasteiger partial charge in [0, 0.05) is 25.7 Å². The summed E-state index contributed by atoms with van der Waals surface area (Å²) >= 11 is 0. The number of nitrogens with one attached hydrogen (secondary N) is 1. The van der Waals surface area contributed by atoms with Crippen molar-refractivity contribution in [3.05, 3.63) is 12.4 Å². The molecule has 7 nitrogen and oxygen atoms in total. The van der Waals surface area contributed by atoms with Gasteiger partial charge in [0.1, 0.15) is 12.1 Å². The average Bonchev–Trinajstić information content (AvgIpc) is 2.48. The summed E-state index contributed by atoms with van der Waals surface area (Å²) in [5.41, 5.74) is 0. The molecule has 0 amide bonds. The second-order valence-electron chi connectivity index (χ2n) is 5.13. The van der Waals surface area contributed by atoms with Crippen molar-refractivity contribution in [1.82, 2.24) is 15.3 Å². The molecule has 0 bridgehead atoms. The van der Waals surface area contributed by atoms with Gasteiger partial charge in [0.2, 0.25) is 5.88 Å². The number of carbonyl (C=O) groups is 1. The van der Waals surface area contributed by atoms with Crippen molar-refractivity contribution in [2.45, 2.75) is 19.8 Å². The standard InChI is InChI=1S/C14H22N4O3/c1-2-21-13-6-12(16-10-17-13)18-5-3-4-11(9-18)7-15-8-14(19)20/h6,10-11,15H,2-5,7-9H2,1H3,(H,19,20). The number of nitrogens with zero attached hydrogens (tertiary/aromatic N) is 3. The third-order valence-electron chi connectivity index (χ3n) is 3.47. The van der Waals surface area contributed by atoms with E-state index in [0.29, 0.717) is 24.9 Å². The smallest absolute Gasteiger partial charge is 0.317 e. The molecule has 1 aromatic rings. The van der Waals surface area contributed by atoms with Crippen LogP contribution in [0.2, 0.25) is 0 Å². The van der Waals surface area contributed by atoms with Gasteiger partial charge in [-0.25, -0.2) is 9.97 Å². The van der Waals surface area contributed by atoms with E-state index in [1.807, 2.05) is 13.0 Å². The summed E-state index contributed by atoms with van der Waals surface area (Å²) in [5, 5.41) is 11.6. The van der Waals surface area contributed by atoms with Crippen LogP contribution in [0.4, 0.5) is 5.82 Å². The van der Waals surface area contributed by atoms with Crippen molar-refractivity contribution in [2.75, 3.05) is 37.7 Å². The van der Waals surface area contributed by atoms with Crippen LogP contribution in [-0.4, -0.2) is 53.8 Å². The van der Waals surface area contributed by atoms with E-state index in [-0.39, 0.29) is 6.54 Å². The van der Waals surface area contributed by atoms with E-state index in [2.05, 4.69) is 20.2 Å². The minimum absolute atomic E-state index is 0.0124. The van der Waals surface area contributed by atoms with E-state index in [9.17, 15) is 4.79 Å². The fourth-order valence-corrected chi connectivity index (χ4v) is 2.55. The number of hydrogen-bond donors (Lipinski definition) is 2. The van der Waals surface area contributed by atoms with Gasteiger partial charge in [-0.1, -0.05) is 0 Å². The van der Waals surface area contributed by atoms with Crippen LogP contribution in [0.1, 0.15) is 19.8 Å². The summed E-state index contributed by atoms with van der Waals surface area (Å²) in [4.78, 5) is 21.1. The molecule has 21 heavy (non-hydrogen) atoms. The number of aliphatic carboxylic acids is 1. The third-order valence-corrected chi connectivity index (χ3v) is 3.47. The molecule has 0 spiro atoms. The van der Waals surface area contributed by atoms with Crippen molar-refractivity contribution in [3.63, 3.8) is 0 Å². The van der Waals surface area contributed by atoms with E-state index >= 15 is 0 Å². The first-order valence-corrected chi connectivity index (χ1v) is 7.31. The Morgan fingerprint density at radius 1 is 1.57 bits per heavy atom. The lowest BCUT2D eigenvalue weighted by molar-refractivity contribution is -0.136. The third kappa shape index (κ3) is 4.86. The van der Waals surface area contributed by atoms with Crippen LogP contribution in [-0.2, 0) is 4.79 Å². The molecule has 1 fully saturated rings. The van der Waals surface area contributed by atoms with E-state index in [4.69, 9.17) is 9.84 Å². The fourth-order valence-electron chi connectivity index (χ4n) is 2.55. The van der Waals surface area contributed by atoms with Crippen LogP contribution in [0.15, 0.2) is 12.4 Å². The lowest BCUT2D eigenvalue weighted by Gasteiger charge is -2.33. The predicted molar refractivity (Wildman–Crippen MR) is 78.6 cm³/mol. The maximum atomic E-state index is 10.5. The van der Waals surface area contributed by atoms with Crippen LogP contribution < -0.4 is 15.0 Å². The van der Waals surface area contributed by atoms with Crippen molar-refractivity contribution in [2.24, 2.45) is 5.92 Å². The van der Waals surface area contributed by atoms with E-state index in [0.717, 1.165) is 31.7 Å². The van der Waals surface area contributed by atoms with Gasteiger partial charge in [-0.15, -0.1) is 0 Å². The topological polar surface area (TPSA) is 87.6 Å². The Balaban J connectivity index is 1.90. The summed E-state index contributed by atoms with van der Waals surface area (Å²) in [6, 6.07) is 1.86. The van der Waals surface area contributed by atoms with Gasteiger partial charge < -0.3 is 20.1 Å². The molecule has 7 heteroatoms. The number of hydrogen-bond acceptors (Lipinski definition) is 6. The second-order valence-corrected chi connectivity index (χ2v) is 5.13. The normalized spacial score (nSPS) is 18.5. The number of carboxylic acid groups (broad SMARTS) is 1. The average molecular weight is 294 g/mol. The van der Waals surface area contributed by atoms with Crippen LogP contribution in [0, 0.1) is 5.92 Å². The van der Waals surface area contributed by atoms with Gasteiger partial charge in [0.05, 0.1) is 13.2 Å². The van der Waals surface area contributed by atoms with Gasteiger partial charge in [-0.2, -0.15) is 0 Å². The molecular weight excluding hydrogens is 272 g/mol. The van der Waals surface area contributed by atoms with Crippen molar-refractivity contribution < 1.29 is 14.6 Å². The molecule has 0 aliphatic carbocycles. The summed E-state index contributed by atoms with van der Waals surface area (Å²) < 4.78 is 5.40. The minimum atomic E-state index is -0.820. The van der Waals surface area contributed by atoms with Crippen LogP contribution in [0.25, 0.3) is 0 Å². The van der Waals surface area contributed by atoms with Crippen molar-refractivity contribution in [1.29, 1.82) is 0 Å². The van der Waals surface area contributed by atoms with Gasteiger partial charge in [0.15, 0.2) is 0 Å². The molecule has 2 rings (SSSR count). The number of rotatable bonds is 7. The fraction of sp³-hybridized carbons (Fsp3) is 0.643. The minimum Gasteiger partial charge on any atom is -0.480 e. The number of ether oxygens (including phenoxy) is 1. The first-order chi connectivity index (χ1) is 10.2. The zero-order valence-corrected chi connectivity index (χ0v) is 12.3. The summed E-state index contributed by atoms with van der Waals surface area (Å²) in [6.07, 6.45) is 3.70. The zero-order valence-electron chi connectivity index (χ0n) is 12.3. The highest BCUT2D eigenvalue weighted by Gasteiger charge is 2.21. The molecule has 1 unspecified atom stereocenters. The van der Waals surface area contributed by atoms with Crippen LogP contribution in [0.3, 0.4) is 0 Å². The highest BCUT2D eigenvalue weighted by Crippen LogP contribution is 2.23. The lowest BCUT2D eigenvalue weighted by Crippen LogP contribution is -2.41. The molecule has 1 saturated heterocycles. The molecule has 1 aliphatic heterocycles. The molecule has 116 valence electrons. The number of aromatic nitrogens is 2. The second kappa shape index (κ2) is 7.78. The quantitative estimate of drug-likeness (QED) is 0.767. The predicted octanol–water partition coefficient (Wildman–Crippen LogP) is 0.766. The summed E-state index contributed by atoms with van der Waals surface area (Å²) in [7, 11) is 0. The first-order valence-electron chi connectivity index (χ1n) is 7.31. The van der Waals surface area contributed by atoms with E-state index in [1.54, 1.807) is 0 Å². The molecule has 0 saturated carbocycles. The molecule has 2 N–H and O–H groups in total. The molecule has 0 aromatic carbocycles. The number of piperidine rings is 1. The largest absolute Gasteiger partial charge is 0.480 e. The van der Waals surface area contributed by atoms with Gasteiger partial charge >= 0.3 is 5.97 Å². The van der Waals surface area contributed by atoms with Crippen LogP contribution in [0.5, 0.6) is 5.88 Å². The van der Waals surface area contributed by atoms with Gasteiger partial charge in [0.25, 0.3) is 0 Å². The maximum absolute atomic E-state index is 10.5. The van der Waals surface area contributed by atoms with Gasteiger partial charge in [-0.3, -0.25) is 4.79 Å². The Labute approximate surface area is 124 Å².